The lowest BCUT2D eigenvalue weighted by molar-refractivity contribution is -0.139. The van der Waals surface area contributed by atoms with E-state index in [1.54, 1.807) is 59.9 Å². The molecule has 14 heteroatoms. The summed E-state index contributed by atoms with van der Waals surface area (Å²) in [5.74, 6) is -1.67. The van der Waals surface area contributed by atoms with Crippen LogP contribution in [0.4, 0.5) is 5.69 Å². The summed E-state index contributed by atoms with van der Waals surface area (Å²) >= 11 is 0. The Morgan fingerprint density at radius 3 is 2.35 bits per heavy atom. The van der Waals surface area contributed by atoms with Gasteiger partial charge in [0, 0.05) is 12.8 Å². The fourth-order valence-corrected chi connectivity index (χ4v) is 4.70. The maximum absolute atomic E-state index is 12.6. The Bertz CT molecular complexity index is 1360. The molecule has 1 unspecified atom stereocenters. The van der Waals surface area contributed by atoms with Crippen LogP contribution in [-0.2, 0) is 37.4 Å². The number of benzene rings is 2. The summed E-state index contributed by atoms with van der Waals surface area (Å²) in [6.45, 7) is 4.87. The van der Waals surface area contributed by atoms with Gasteiger partial charge in [0.05, 0.1) is 36.5 Å². The molecule has 0 aliphatic heterocycles. The Labute approximate surface area is 232 Å². The van der Waals surface area contributed by atoms with Gasteiger partial charge in [-0.3, -0.25) is 14.8 Å². The van der Waals surface area contributed by atoms with E-state index in [-0.39, 0.29) is 23.8 Å². The van der Waals surface area contributed by atoms with Crippen LogP contribution in [0.2, 0.25) is 0 Å². The molecule has 216 valence electrons. The number of methoxy groups -OCH3 is 1. The van der Waals surface area contributed by atoms with Crippen molar-refractivity contribution in [1.29, 1.82) is 0 Å². The second kappa shape index (κ2) is 14.5. The van der Waals surface area contributed by atoms with Gasteiger partial charge in [-0.15, -0.1) is 5.10 Å². The van der Waals surface area contributed by atoms with E-state index in [1.165, 1.54) is 12.1 Å². The minimum Gasteiger partial charge on any atom is -0.491 e. The summed E-state index contributed by atoms with van der Waals surface area (Å²) in [5, 5.41) is 19.7. The zero-order valence-corrected chi connectivity index (χ0v) is 23.3. The molecule has 1 atom stereocenters. The maximum Gasteiger partial charge on any atom is 0.255 e. The minimum atomic E-state index is -3.77. The zero-order valence-electron chi connectivity index (χ0n) is 22.5. The SMILES string of the molecule is COCCOc1ccc(S(=O)(=O)NCc2cn(Cc3ccc(NC(=O)C(CC(C)C)C(=O)NO)cc3)nn2)cc1. The summed E-state index contributed by atoms with van der Waals surface area (Å²) in [6.07, 6.45) is 1.92. The molecule has 0 bridgehead atoms. The molecule has 1 aromatic heterocycles. The van der Waals surface area contributed by atoms with Crippen LogP contribution < -0.4 is 20.3 Å². The Kier molecular flexibility index (Phi) is 11.1. The van der Waals surface area contributed by atoms with E-state index in [4.69, 9.17) is 14.7 Å². The van der Waals surface area contributed by atoms with Crippen LogP contribution in [-0.4, -0.2) is 60.8 Å². The molecule has 1 heterocycles. The van der Waals surface area contributed by atoms with Crippen molar-refractivity contribution in [3.05, 3.63) is 66.0 Å². The van der Waals surface area contributed by atoms with Crippen LogP contribution in [0.25, 0.3) is 0 Å². The van der Waals surface area contributed by atoms with Crippen molar-refractivity contribution in [2.24, 2.45) is 11.8 Å². The highest BCUT2D eigenvalue weighted by molar-refractivity contribution is 7.89. The molecule has 4 N–H and O–H groups in total. The number of rotatable bonds is 15. The lowest BCUT2D eigenvalue weighted by atomic mass is 9.95. The number of nitrogens with zero attached hydrogens (tertiary/aromatic N) is 3. The summed E-state index contributed by atoms with van der Waals surface area (Å²) < 4.78 is 39.7. The molecule has 0 fully saturated rings. The Hall–Kier alpha value is -3.85. The molecule has 0 saturated heterocycles. The van der Waals surface area contributed by atoms with E-state index in [2.05, 4.69) is 20.4 Å². The second-order valence-electron chi connectivity index (χ2n) is 9.39. The van der Waals surface area contributed by atoms with Crippen LogP contribution in [0, 0.1) is 11.8 Å². The molecule has 2 amide bonds. The summed E-state index contributed by atoms with van der Waals surface area (Å²) in [4.78, 5) is 24.5. The van der Waals surface area contributed by atoms with E-state index >= 15 is 0 Å². The van der Waals surface area contributed by atoms with Crippen LogP contribution in [0.5, 0.6) is 5.75 Å². The van der Waals surface area contributed by atoms with Crippen molar-refractivity contribution in [3.63, 3.8) is 0 Å². The van der Waals surface area contributed by atoms with E-state index < -0.39 is 27.8 Å². The van der Waals surface area contributed by atoms with Gasteiger partial charge in [-0.05, 0) is 54.3 Å². The highest BCUT2D eigenvalue weighted by Gasteiger charge is 2.27. The molecular formula is C26H34N6O7S. The summed E-state index contributed by atoms with van der Waals surface area (Å²) in [5.41, 5.74) is 3.34. The number of anilines is 1. The number of amides is 2. The highest BCUT2D eigenvalue weighted by Crippen LogP contribution is 2.18. The molecule has 13 nitrogen and oxygen atoms in total. The van der Waals surface area contributed by atoms with Gasteiger partial charge in [-0.2, -0.15) is 0 Å². The van der Waals surface area contributed by atoms with Gasteiger partial charge in [0.15, 0.2) is 0 Å². The number of hydrogen-bond donors (Lipinski definition) is 4. The zero-order chi connectivity index (χ0) is 29.1. The number of ether oxygens (including phenoxy) is 2. The molecule has 0 saturated carbocycles. The Morgan fingerprint density at radius 1 is 1.02 bits per heavy atom. The summed E-state index contributed by atoms with van der Waals surface area (Å²) in [6, 6.07) is 13.0. The van der Waals surface area contributed by atoms with Crippen molar-refractivity contribution in [3.8, 4) is 5.75 Å². The molecule has 0 spiro atoms. The van der Waals surface area contributed by atoms with Crippen molar-refractivity contribution >= 4 is 27.5 Å². The van der Waals surface area contributed by atoms with Crippen molar-refractivity contribution in [2.45, 2.75) is 38.3 Å². The normalized spacial score (nSPS) is 12.2. The summed E-state index contributed by atoms with van der Waals surface area (Å²) in [7, 11) is -2.20. The van der Waals surface area contributed by atoms with E-state index in [0.717, 1.165) is 5.56 Å². The van der Waals surface area contributed by atoms with Crippen LogP contribution in [0.3, 0.4) is 0 Å². The first-order valence-electron chi connectivity index (χ1n) is 12.6. The first-order valence-corrected chi connectivity index (χ1v) is 14.0. The number of hydrogen-bond acceptors (Lipinski definition) is 9. The number of nitrogens with one attached hydrogen (secondary N) is 3. The van der Waals surface area contributed by atoms with Crippen LogP contribution >= 0.6 is 0 Å². The third-order valence-corrected chi connectivity index (χ3v) is 7.15. The van der Waals surface area contributed by atoms with Gasteiger partial charge in [0.2, 0.25) is 15.9 Å². The average molecular weight is 575 g/mol. The van der Waals surface area contributed by atoms with E-state index in [1.807, 2.05) is 13.8 Å². The van der Waals surface area contributed by atoms with Crippen molar-refractivity contribution < 1.29 is 32.7 Å². The molecule has 3 aromatic rings. The van der Waals surface area contributed by atoms with Gasteiger partial charge in [0.1, 0.15) is 18.3 Å². The first kappa shape index (κ1) is 30.7. The van der Waals surface area contributed by atoms with Gasteiger partial charge in [-0.25, -0.2) is 23.3 Å². The van der Waals surface area contributed by atoms with E-state index in [0.29, 0.717) is 36.9 Å². The minimum absolute atomic E-state index is 0.0433. The number of sulfonamides is 1. The van der Waals surface area contributed by atoms with Gasteiger partial charge >= 0.3 is 0 Å². The number of carbonyl (C=O) groups excluding carboxylic acids is 2. The average Bonchev–Trinajstić information content (AvgIpc) is 3.39. The Morgan fingerprint density at radius 2 is 1.73 bits per heavy atom. The lowest BCUT2D eigenvalue weighted by Gasteiger charge is -2.17. The molecule has 0 aliphatic rings. The topological polar surface area (TPSA) is 174 Å². The Balaban J connectivity index is 1.53. The highest BCUT2D eigenvalue weighted by atomic mass is 32.2. The lowest BCUT2D eigenvalue weighted by Crippen LogP contribution is -2.37. The van der Waals surface area contributed by atoms with E-state index in [9.17, 15) is 18.0 Å². The van der Waals surface area contributed by atoms with Gasteiger partial charge in [0.25, 0.3) is 5.91 Å². The smallest absolute Gasteiger partial charge is 0.255 e. The molecule has 0 aliphatic carbocycles. The fourth-order valence-electron chi connectivity index (χ4n) is 3.70. The molecule has 3 rings (SSSR count). The molecular weight excluding hydrogens is 540 g/mol. The maximum atomic E-state index is 12.6. The van der Waals surface area contributed by atoms with Gasteiger partial charge in [-0.1, -0.05) is 31.2 Å². The first-order chi connectivity index (χ1) is 19.1. The standard InChI is InChI=1S/C26H34N6O7S/c1-18(2)14-24(26(34)30-35)25(33)28-20-6-4-19(5-7-20)16-32-17-21(29-31-32)15-27-40(36,37)23-10-8-22(9-11-23)39-13-12-38-3/h4-11,17-18,24,27,35H,12-16H2,1-3H3,(H,28,33)(H,30,34). The quantitative estimate of drug-likeness (QED) is 0.0915. The second-order valence-corrected chi connectivity index (χ2v) is 11.2. The van der Waals surface area contributed by atoms with Crippen molar-refractivity contribution in [1.82, 2.24) is 25.2 Å². The monoisotopic (exact) mass is 574 g/mol. The largest absolute Gasteiger partial charge is 0.491 e. The molecule has 0 radical (unpaired) electrons. The number of hydroxylamine groups is 1. The molecule has 40 heavy (non-hydrogen) atoms. The number of carbonyl (C=O) groups is 2. The predicted molar refractivity (Wildman–Crippen MR) is 145 cm³/mol. The third kappa shape index (κ3) is 9.12. The van der Waals surface area contributed by atoms with Crippen LogP contribution in [0.15, 0.2) is 59.6 Å². The van der Waals surface area contributed by atoms with Crippen LogP contribution in [0.1, 0.15) is 31.5 Å². The van der Waals surface area contributed by atoms with Crippen molar-refractivity contribution in [2.75, 3.05) is 25.6 Å². The fraction of sp³-hybridized carbons (Fsp3) is 0.385. The number of aromatic nitrogens is 3. The third-order valence-electron chi connectivity index (χ3n) is 5.74. The predicted octanol–water partition coefficient (Wildman–Crippen LogP) is 1.94. The molecule has 2 aromatic carbocycles. The van der Waals surface area contributed by atoms with Gasteiger partial charge < -0.3 is 14.8 Å².